The number of hydrogen-bond acceptors (Lipinski definition) is 3. The second kappa shape index (κ2) is 7.22. The summed E-state index contributed by atoms with van der Waals surface area (Å²) in [6.07, 6.45) is 5.14. The summed E-state index contributed by atoms with van der Waals surface area (Å²) in [6.45, 7) is 1.86. The van der Waals surface area contributed by atoms with Gasteiger partial charge < -0.3 is 5.32 Å². The van der Waals surface area contributed by atoms with Crippen LogP contribution in [0.25, 0.3) is 0 Å². The van der Waals surface area contributed by atoms with Gasteiger partial charge in [0.1, 0.15) is 0 Å². The summed E-state index contributed by atoms with van der Waals surface area (Å²) in [5.41, 5.74) is 4.64. The van der Waals surface area contributed by atoms with Crippen LogP contribution in [-0.2, 0) is 9.59 Å². The lowest BCUT2D eigenvalue weighted by Gasteiger charge is -2.12. The van der Waals surface area contributed by atoms with E-state index in [2.05, 4.69) is 15.8 Å². The van der Waals surface area contributed by atoms with Crippen molar-refractivity contribution in [3.8, 4) is 0 Å². The zero-order valence-corrected chi connectivity index (χ0v) is 12.7. The van der Waals surface area contributed by atoms with Crippen LogP contribution in [-0.4, -0.2) is 17.5 Å². The molecular formula is C15H18ClN3O2. The summed E-state index contributed by atoms with van der Waals surface area (Å²) >= 11 is 5.97. The topological polar surface area (TPSA) is 70.6 Å². The molecule has 21 heavy (non-hydrogen) atoms. The van der Waals surface area contributed by atoms with Crippen LogP contribution in [0.5, 0.6) is 0 Å². The minimum Gasteiger partial charge on any atom is -0.318 e. The molecule has 0 aromatic heterocycles. The number of carbonyl (C=O) groups is 2. The third-order valence-corrected chi connectivity index (χ3v) is 3.79. The highest BCUT2D eigenvalue weighted by Gasteiger charge is 2.14. The first kappa shape index (κ1) is 15.5. The lowest BCUT2D eigenvalue weighted by Crippen LogP contribution is -2.33. The van der Waals surface area contributed by atoms with Crippen LogP contribution in [0.2, 0.25) is 5.02 Å². The Morgan fingerprint density at radius 2 is 1.86 bits per heavy atom. The van der Waals surface area contributed by atoms with Gasteiger partial charge in [-0.15, -0.1) is 0 Å². The third kappa shape index (κ3) is 4.56. The molecule has 5 nitrogen and oxygen atoms in total. The van der Waals surface area contributed by atoms with E-state index >= 15 is 0 Å². The molecule has 1 saturated carbocycles. The molecule has 0 spiro atoms. The normalized spacial score (nSPS) is 14.5. The molecule has 1 aliphatic carbocycles. The second-order valence-corrected chi connectivity index (χ2v) is 5.50. The van der Waals surface area contributed by atoms with E-state index in [9.17, 15) is 9.59 Å². The first-order valence-electron chi connectivity index (χ1n) is 6.99. The lowest BCUT2D eigenvalue weighted by molar-refractivity contribution is -0.136. The predicted octanol–water partition coefficient (Wildman–Crippen LogP) is 3.02. The van der Waals surface area contributed by atoms with Gasteiger partial charge in [-0.2, -0.15) is 5.10 Å². The molecule has 0 radical (unpaired) electrons. The number of hydrazone groups is 1. The molecule has 2 rings (SSSR count). The fourth-order valence-electron chi connectivity index (χ4n) is 2.11. The molecular weight excluding hydrogens is 290 g/mol. The average Bonchev–Trinajstić information content (AvgIpc) is 2.49. The Bertz CT molecular complexity index is 576. The summed E-state index contributed by atoms with van der Waals surface area (Å²) in [4.78, 5) is 23.4. The molecule has 0 bridgehead atoms. The van der Waals surface area contributed by atoms with Crippen molar-refractivity contribution in [1.82, 2.24) is 5.43 Å². The summed E-state index contributed by atoms with van der Waals surface area (Å²) < 4.78 is 0. The van der Waals surface area contributed by atoms with Gasteiger partial charge in [-0.1, -0.05) is 24.1 Å². The van der Waals surface area contributed by atoms with Crippen molar-refractivity contribution < 1.29 is 9.59 Å². The summed E-state index contributed by atoms with van der Waals surface area (Å²) in [5.74, 6) is -1.53. The largest absolute Gasteiger partial charge is 0.329 e. The highest BCUT2D eigenvalue weighted by Crippen LogP contribution is 2.19. The van der Waals surface area contributed by atoms with E-state index in [-0.39, 0.29) is 0 Å². The summed E-state index contributed by atoms with van der Waals surface area (Å²) in [6, 6.07) is 5.08. The number of amides is 2. The monoisotopic (exact) mass is 307 g/mol. The highest BCUT2D eigenvalue weighted by atomic mass is 35.5. The molecule has 1 aromatic rings. The zero-order valence-electron chi connectivity index (χ0n) is 11.9. The minimum absolute atomic E-state index is 0.482. The SMILES string of the molecule is Cc1ccc(NC(=O)C(=O)NN=C2CCCCC2)cc1Cl. The molecule has 0 saturated heterocycles. The van der Waals surface area contributed by atoms with Crippen LogP contribution in [0, 0.1) is 6.92 Å². The van der Waals surface area contributed by atoms with Gasteiger partial charge in [0.15, 0.2) is 0 Å². The molecule has 2 amide bonds. The van der Waals surface area contributed by atoms with Gasteiger partial charge in [0, 0.05) is 16.4 Å². The number of nitrogens with one attached hydrogen (secondary N) is 2. The van der Waals surface area contributed by atoms with Gasteiger partial charge in [0.25, 0.3) is 0 Å². The number of aryl methyl sites for hydroxylation is 1. The van der Waals surface area contributed by atoms with E-state index in [1.54, 1.807) is 18.2 Å². The van der Waals surface area contributed by atoms with Crippen molar-refractivity contribution in [2.24, 2.45) is 5.10 Å². The molecule has 1 aromatic carbocycles. The number of nitrogens with zero attached hydrogens (tertiary/aromatic N) is 1. The number of carbonyl (C=O) groups excluding carboxylic acids is 2. The van der Waals surface area contributed by atoms with Crippen LogP contribution in [0.4, 0.5) is 5.69 Å². The van der Waals surface area contributed by atoms with Crippen molar-refractivity contribution in [2.45, 2.75) is 39.0 Å². The van der Waals surface area contributed by atoms with Crippen molar-refractivity contribution in [3.63, 3.8) is 0 Å². The molecule has 0 unspecified atom stereocenters. The Labute approximate surface area is 128 Å². The Balaban J connectivity index is 1.90. The maximum atomic E-state index is 11.7. The van der Waals surface area contributed by atoms with E-state index in [4.69, 9.17) is 11.6 Å². The maximum absolute atomic E-state index is 11.7. The quantitative estimate of drug-likeness (QED) is 0.651. The Kier molecular flexibility index (Phi) is 5.33. The van der Waals surface area contributed by atoms with Gasteiger partial charge >= 0.3 is 11.8 Å². The van der Waals surface area contributed by atoms with Crippen molar-refractivity contribution in [3.05, 3.63) is 28.8 Å². The highest BCUT2D eigenvalue weighted by molar-refractivity contribution is 6.39. The molecule has 0 heterocycles. The molecule has 1 fully saturated rings. The molecule has 2 N–H and O–H groups in total. The summed E-state index contributed by atoms with van der Waals surface area (Å²) in [7, 11) is 0. The van der Waals surface area contributed by atoms with Gasteiger partial charge in [-0.05, 0) is 50.3 Å². The van der Waals surface area contributed by atoms with Gasteiger partial charge in [-0.3, -0.25) is 9.59 Å². The number of rotatable bonds is 2. The number of anilines is 1. The van der Waals surface area contributed by atoms with Gasteiger partial charge in [0.2, 0.25) is 0 Å². The molecule has 112 valence electrons. The fraction of sp³-hybridized carbons (Fsp3) is 0.400. The van der Waals surface area contributed by atoms with Crippen LogP contribution in [0.3, 0.4) is 0 Å². The maximum Gasteiger partial charge on any atom is 0.329 e. The zero-order chi connectivity index (χ0) is 15.2. The molecule has 0 aliphatic heterocycles. The predicted molar refractivity (Wildman–Crippen MR) is 83.5 cm³/mol. The summed E-state index contributed by atoms with van der Waals surface area (Å²) in [5, 5.41) is 7.04. The average molecular weight is 308 g/mol. The molecule has 1 aliphatic rings. The first-order valence-corrected chi connectivity index (χ1v) is 7.37. The van der Waals surface area contributed by atoms with Gasteiger partial charge in [-0.25, -0.2) is 5.43 Å². The van der Waals surface area contributed by atoms with Crippen LogP contribution < -0.4 is 10.7 Å². The van der Waals surface area contributed by atoms with E-state index < -0.39 is 11.8 Å². The number of benzene rings is 1. The smallest absolute Gasteiger partial charge is 0.318 e. The van der Waals surface area contributed by atoms with Crippen LogP contribution in [0.1, 0.15) is 37.7 Å². The molecule has 6 heteroatoms. The Hall–Kier alpha value is -1.88. The van der Waals surface area contributed by atoms with E-state index in [1.165, 1.54) is 6.42 Å². The first-order chi connectivity index (χ1) is 10.1. The van der Waals surface area contributed by atoms with Crippen molar-refractivity contribution in [2.75, 3.05) is 5.32 Å². The van der Waals surface area contributed by atoms with E-state index in [0.717, 1.165) is 37.0 Å². The fourth-order valence-corrected chi connectivity index (χ4v) is 2.29. The van der Waals surface area contributed by atoms with Crippen LogP contribution in [0.15, 0.2) is 23.3 Å². The number of halogens is 1. The Morgan fingerprint density at radius 3 is 2.52 bits per heavy atom. The van der Waals surface area contributed by atoms with Crippen LogP contribution >= 0.6 is 11.6 Å². The lowest BCUT2D eigenvalue weighted by atomic mass is 9.99. The number of hydrogen-bond donors (Lipinski definition) is 2. The van der Waals surface area contributed by atoms with Crippen molar-refractivity contribution in [1.29, 1.82) is 0 Å². The van der Waals surface area contributed by atoms with E-state index in [1.807, 2.05) is 6.92 Å². The third-order valence-electron chi connectivity index (χ3n) is 3.38. The van der Waals surface area contributed by atoms with Crippen molar-refractivity contribution >= 4 is 34.8 Å². The minimum atomic E-state index is -0.773. The standard InChI is InChI=1S/C15H18ClN3O2/c1-10-7-8-12(9-13(10)16)17-14(20)15(21)19-18-11-5-3-2-4-6-11/h7-9H,2-6H2,1H3,(H,17,20)(H,19,21). The van der Waals surface area contributed by atoms with Gasteiger partial charge in [0.05, 0.1) is 0 Å². The van der Waals surface area contributed by atoms with E-state index in [0.29, 0.717) is 10.7 Å². The Morgan fingerprint density at radius 1 is 1.14 bits per heavy atom. The molecule has 0 atom stereocenters. The second-order valence-electron chi connectivity index (χ2n) is 5.10.